The number of amides is 2. The van der Waals surface area contributed by atoms with Gasteiger partial charge in [-0.05, 0) is 48.6 Å². The standard InChI is InChI=1S/C30H23N3O2/c1-17-5-2-7-19(13-17)20-10-11-25-22(14-20)23(15-31-25)26-27(30(35)32-29(26)34)24-16-33-12-4-8-18-6-3-9-21(24)28(18)33/h2-3,5-7,9-11,13-16,31H,4,8,12H2,1H3,(H,32,34,35). The van der Waals surface area contributed by atoms with Crippen LogP contribution < -0.4 is 5.32 Å². The van der Waals surface area contributed by atoms with Gasteiger partial charge in [0.25, 0.3) is 11.8 Å². The second kappa shape index (κ2) is 7.31. The molecular formula is C30H23N3O2. The van der Waals surface area contributed by atoms with Gasteiger partial charge in [-0.1, -0.05) is 54.1 Å². The molecule has 3 aromatic carbocycles. The van der Waals surface area contributed by atoms with Crippen LogP contribution in [0.1, 0.15) is 28.7 Å². The van der Waals surface area contributed by atoms with Crippen molar-refractivity contribution in [1.82, 2.24) is 14.9 Å². The van der Waals surface area contributed by atoms with Gasteiger partial charge in [0.2, 0.25) is 0 Å². The van der Waals surface area contributed by atoms with E-state index >= 15 is 0 Å². The van der Waals surface area contributed by atoms with Crippen molar-refractivity contribution in [2.45, 2.75) is 26.3 Å². The smallest absolute Gasteiger partial charge is 0.259 e. The molecule has 0 spiro atoms. The zero-order valence-corrected chi connectivity index (χ0v) is 19.3. The van der Waals surface area contributed by atoms with Crippen LogP contribution in [0.2, 0.25) is 0 Å². The Kier molecular flexibility index (Phi) is 4.18. The molecule has 5 heteroatoms. The van der Waals surface area contributed by atoms with Gasteiger partial charge >= 0.3 is 0 Å². The summed E-state index contributed by atoms with van der Waals surface area (Å²) in [6.07, 6.45) is 6.00. The van der Waals surface area contributed by atoms with Crippen molar-refractivity contribution in [3.8, 4) is 11.1 Å². The summed E-state index contributed by atoms with van der Waals surface area (Å²) in [5, 5.41) is 4.52. The molecule has 0 saturated heterocycles. The molecule has 5 nitrogen and oxygen atoms in total. The maximum atomic E-state index is 13.2. The number of para-hydroxylation sites is 1. The number of carbonyl (C=O) groups is 2. The number of aryl methyl sites for hydroxylation is 3. The highest BCUT2D eigenvalue weighted by molar-refractivity contribution is 6.50. The van der Waals surface area contributed by atoms with Gasteiger partial charge < -0.3 is 9.55 Å². The normalized spacial score (nSPS) is 15.5. The van der Waals surface area contributed by atoms with Gasteiger partial charge in [0.05, 0.1) is 16.7 Å². The van der Waals surface area contributed by atoms with E-state index in [-0.39, 0.29) is 11.8 Å². The van der Waals surface area contributed by atoms with Crippen LogP contribution in [0.25, 0.3) is 44.1 Å². The number of aromatic nitrogens is 2. The van der Waals surface area contributed by atoms with Crippen molar-refractivity contribution in [2.24, 2.45) is 0 Å². The van der Waals surface area contributed by atoms with Crippen molar-refractivity contribution in [3.05, 3.63) is 95.3 Å². The highest BCUT2D eigenvalue weighted by atomic mass is 16.2. The first-order valence-electron chi connectivity index (χ1n) is 12.0. The molecule has 170 valence electrons. The number of aromatic amines is 1. The number of imide groups is 1. The van der Waals surface area contributed by atoms with E-state index in [0.29, 0.717) is 11.1 Å². The van der Waals surface area contributed by atoms with E-state index in [4.69, 9.17) is 0 Å². The Labute approximate surface area is 202 Å². The number of benzene rings is 3. The predicted molar refractivity (Wildman–Crippen MR) is 139 cm³/mol. The highest BCUT2D eigenvalue weighted by Crippen LogP contribution is 2.40. The van der Waals surface area contributed by atoms with Crippen LogP contribution in [-0.2, 0) is 22.6 Å². The van der Waals surface area contributed by atoms with Crippen molar-refractivity contribution in [1.29, 1.82) is 0 Å². The molecule has 2 N–H and O–H groups in total. The van der Waals surface area contributed by atoms with Gasteiger partial charge in [-0.3, -0.25) is 14.9 Å². The number of H-pyrrole nitrogens is 1. The van der Waals surface area contributed by atoms with Crippen LogP contribution >= 0.6 is 0 Å². The second-order valence-electron chi connectivity index (χ2n) is 9.52. The summed E-state index contributed by atoms with van der Waals surface area (Å²) in [4.78, 5) is 29.7. The average Bonchev–Trinajstić information content (AvgIpc) is 3.52. The van der Waals surface area contributed by atoms with E-state index in [2.05, 4.69) is 64.3 Å². The van der Waals surface area contributed by atoms with Crippen LogP contribution in [0, 0.1) is 6.92 Å². The summed E-state index contributed by atoms with van der Waals surface area (Å²) in [7, 11) is 0. The van der Waals surface area contributed by atoms with Gasteiger partial charge in [0.15, 0.2) is 0 Å². The minimum absolute atomic E-state index is 0.335. The van der Waals surface area contributed by atoms with Crippen LogP contribution in [0.3, 0.4) is 0 Å². The zero-order chi connectivity index (χ0) is 23.7. The van der Waals surface area contributed by atoms with Gasteiger partial charge in [0.1, 0.15) is 0 Å². The molecule has 35 heavy (non-hydrogen) atoms. The van der Waals surface area contributed by atoms with Crippen LogP contribution in [-0.4, -0.2) is 21.4 Å². The SMILES string of the molecule is Cc1cccc(-c2ccc3[nH]cc(C4=C(c5cn6c7c(cccc57)CCC6)C(=O)NC4=O)c3c2)c1. The lowest BCUT2D eigenvalue weighted by atomic mass is 9.93. The van der Waals surface area contributed by atoms with Crippen LogP contribution in [0.15, 0.2) is 73.1 Å². The monoisotopic (exact) mass is 457 g/mol. The number of rotatable bonds is 3. The molecule has 7 rings (SSSR count). The van der Waals surface area contributed by atoms with E-state index in [9.17, 15) is 9.59 Å². The highest BCUT2D eigenvalue weighted by Gasteiger charge is 2.35. The lowest BCUT2D eigenvalue weighted by Crippen LogP contribution is -2.22. The van der Waals surface area contributed by atoms with Crippen molar-refractivity contribution in [2.75, 3.05) is 0 Å². The molecule has 2 aliphatic heterocycles. The Hall–Kier alpha value is -4.38. The minimum Gasteiger partial charge on any atom is -0.361 e. The first-order chi connectivity index (χ1) is 17.1. The van der Waals surface area contributed by atoms with Crippen molar-refractivity contribution in [3.63, 3.8) is 0 Å². The van der Waals surface area contributed by atoms with E-state index in [1.165, 1.54) is 16.6 Å². The lowest BCUT2D eigenvalue weighted by molar-refractivity contribution is -0.122. The molecule has 0 unspecified atom stereocenters. The van der Waals surface area contributed by atoms with Gasteiger partial charge in [-0.15, -0.1) is 0 Å². The Balaban J connectivity index is 1.48. The number of hydrogen-bond donors (Lipinski definition) is 2. The number of nitrogens with one attached hydrogen (secondary N) is 2. The third-order valence-electron chi connectivity index (χ3n) is 7.33. The second-order valence-corrected chi connectivity index (χ2v) is 9.52. The fourth-order valence-corrected chi connectivity index (χ4v) is 5.76. The topological polar surface area (TPSA) is 66.9 Å². The molecule has 5 aromatic rings. The third kappa shape index (κ3) is 2.94. The first-order valence-corrected chi connectivity index (χ1v) is 12.0. The largest absolute Gasteiger partial charge is 0.361 e. The number of carbonyl (C=O) groups excluding carboxylic acids is 2. The molecule has 2 amide bonds. The van der Waals surface area contributed by atoms with Gasteiger partial charge in [0, 0.05) is 46.4 Å². The molecule has 0 bridgehead atoms. The molecular weight excluding hydrogens is 434 g/mol. The Bertz CT molecular complexity index is 1750. The summed E-state index contributed by atoms with van der Waals surface area (Å²) in [6, 6.07) is 20.8. The van der Waals surface area contributed by atoms with E-state index in [1.54, 1.807) is 0 Å². The summed E-state index contributed by atoms with van der Waals surface area (Å²) >= 11 is 0. The molecule has 0 saturated carbocycles. The van der Waals surface area contributed by atoms with Crippen molar-refractivity contribution >= 4 is 44.8 Å². The maximum absolute atomic E-state index is 13.2. The Morgan fingerprint density at radius 1 is 0.829 bits per heavy atom. The van der Waals surface area contributed by atoms with Crippen LogP contribution in [0.5, 0.6) is 0 Å². The molecule has 2 aliphatic rings. The summed E-state index contributed by atoms with van der Waals surface area (Å²) in [6.45, 7) is 2.99. The van der Waals surface area contributed by atoms with E-state index in [0.717, 1.165) is 57.9 Å². The Morgan fingerprint density at radius 2 is 1.63 bits per heavy atom. The Morgan fingerprint density at radius 3 is 2.49 bits per heavy atom. The molecule has 0 aliphatic carbocycles. The van der Waals surface area contributed by atoms with E-state index in [1.807, 2.05) is 30.6 Å². The number of hydrogen-bond acceptors (Lipinski definition) is 2. The van der Waals surface area contributed by atoms with Crippen LogP contribution in [0.4, 0.5) is 0 Å². The average molecular weight is 458 g/mol. The predicted octanol–water partition coefficient (Wildman–Crippen LogP) is 5.61. The quantitative estimate of drug-likeness (QED) is 0.346. The summed E-state index contributed by atoms with van der Waals surface area (Å²) < 4.78 is 2.23. The van der Waals surface area contributed by atoms with Crippen molar-refractivity contribution < 1.29 is 9.59 Å². The summed E-state index contributed by atoms with van der Waals surface area (Å²) in [5.74, 6) is -0.684. The first kappa shape index (κ1) is 20.0. The maximum Gasteiger partial charge on any atom is 0.259 e. The fraction of sp³-hybridized carbons (Fsp3) is 0.133. The molecule has 0 atom stereocenters. The lowest BCUT2D eigenvalue weighted by Gasteiger charge is -2.14. The van der Waals surface area contributed by atoms with Gasteiger partial charge in [-0.2, -0.15) is 0 Å². The molecule has 0 radical (unpaired) electrons. The van der Waals surface area contributed by atoms with Gasteiger partial charge in [-0.25, -0.2) is 0 Å². The minimum atomic E-state index is -0.348. The molecule has 2 aromatic heterocycles. The number of nitrogens with zero attached hydrogens (tertiary/aromatic N) is 1. The summed E-state index contributed by atoms with van der Waals surface area (Å²) in [5.41, 5.74) is 9.25. The number of fused-ring (bicyclic) bond motifs is 1. The molecule has 4 heterocycles. The zero-order valence-electron chi connectivity index (χ0n) is 19.3. The fourth-order valence-electron chi connectivity index (χ4n) is 5.76. The molecule has 0 fully saturated rings. The van der Waals surface area contributed by atoms with E-state index < -0.39 is 0 Å². The third-order valence-corrected chi connectivity index (χ3v) is 7.33.